The fourth-order valence-electron chi connectivity index (χ4n) is 0.519. The van der Waals surface area contributed by atoms with Crippen molar-refractivity contribution >= 4 is 12.6 Å². The van der Waals surface area contributed by atoms with Crippen LogP contribution in [0.15, 0.2) is 9.64 Å². The molecule has 0 aliphatic rings. The zero-order chi connectivity index (χ0) is 7.78. The van der Waals surface area contributed by atoms with Gasteiger partial charge in [-0.3, -0.25) is 0 Å². The zero-order valence-corrected chi connectivity index (χ0v) is 7.14. The van der Waals surface area contributed by atoms with E-state index in [1.165, 1.54) is 0 Å². The van der Waals surface area contributed by atoms with E-state index in [1.807, 2.05) is 20.8 Å². The summed E-state index contributed by atoms with van der Waals surface area (Å²) in [4.78, 5) is 0. The van der Waals surface area contributed by atoms with E-state index in [0.29, 0.717) is 11.1 Å². The summed E-state index contributed by atoms with van der Waals surface area (Å²) in [5.41, 5.74) is -0.0754. The lowest BCUT2D eigenvalue weighted by molar-refractivity contribution is 0.348. The summed E-state index contributed by atoms with van der Waals surface area (Å²) in [6.07, 6.45) is 0. The number of hydrogen-bond acceptors (Lipinski definition) is 4. The molecule has 0 spiro atoms. The van der Waals surface area contributed by atoms with Crippen LogP contribution in [0.5, 0.6) is 0 Å². The van der Waals surface area contributed by atoms with Gasteiger partial charge in [0.15, 0.2) is 0 Å². The van der Waals surface area contributed by atoms with Gasteiger partial charge in [0.2, 0.25) is 5.89 Å². The first kappa shape index (κ1) is 7.60. The number of nitrogens with zero attached hydrogens (tertiary/aromatic N) is 2. The van der Waals surface area contributed by atoms with Crippen LogP contribution in [0.25, 0.3) is 0 Å². The predicted molar refractivity (Wildman–Crippen MR) is 40.3 cm³/mol. The average molecular weight is 158 g/mol. The molecule has 1 rings (SSSR count). The highest BCUT2D eigenvalue weighted by molar-refractivity contribution is 7.80. The Balaban J connectivity index is 2.96. The number of thiol groups is 1. The summed E-state index contributed by atoms with van der Waals surface area (Å²) in [5, 5.41) is 7.75. The third-order valence-electron chi connectivity index (χ3n) is 1.06. The molecule has 0 saturated heterocycles. The van der Waals surface area contributed by atoms with E-state index in [1.54, 1.807) is 0 Å². The first-order valence-electron chi connectivity index (χ1n) is 3.03. The molecule has 0 amide bonds. The molecule has 0 radical (unpaired) electrons. The van der Waals surface area contributed by atoms with Gasteiger partial charge in [0, 0.05) is 5.41 Å². The van der Waals surface area contributed by atoms with Crippen molar-refractivity contribution in [3.8, 4) is 0 Å². The standard InChI is InChI=1S/C6H10N2OS/c1-6(2,3)4-7-8-5(10)9-4/h1-3H3,(H,8,10). The van der Waals surface area contributed by atoms with Crippen molar-refractivity contribution in [3.63, 3.8) is 0 Å². The molecule has 0 bridgehead atoms. The molecule has 1 heterocycles. The topological polar surface area (TPSA) is 38.9 Å². The van der Waals surface area contributed by atoms with Crippen LogP contribution >= 0.6 is 12.6 Å². The smallest absolute Gasteiger partial charge is 0.273 e. The summed E-state index contributed by atoms with van der Waals surface area (Å²) in [5.74, 6) is 0.623. The summed E-state index contributed by atoms with van der Waals surface area (Å²) in [6, 6.07) is 0. The van der Waals surface area contributed by atoms with Crippen LogP contribution < -0.4 is 0 Å². The summed E-state index contributed by atoms with van der Waals surface area (Å²) >= 11 is 3.90. The highest BCUT2D eigenvalue weighted by Gasteiger charge is 2.20. The van der Waals surface area contributed by atoms with Crippen LogP contribution in [0.4, 0.5) is 0 Å². The highest BCUT2D eigenvalue weighted by Crippen LogP contribution is 2.20. The van der Waals surface area contributed by atoms with E-state index in [2.05, 4.69) is 22.8 Å². The van der Waals surface area contributed by atoms with Gasteiger partial charge in [-0.2, -0.15) is 0 Å². The molecule has 0 aliphatic heterocycles. The number of rotatable bonds is 0. The van der Waals surface area contributed by atoms with Crippen molar-refractivity contribution in [2.24, 2.45) is 0 Å². The van der Waals surface area contributed by atoms with Gasteiger partial charge in [-0.25, -0.2) is 0 Å². The Morgan fingerprint density at radius 1 is 1.30 bits per heavy atom. The summed E-state index contributed by atoms with van der Waals surface area (Å²) in [7, 11) is 0. The van der Waals surface area contributed by atoms with Gasteiger partial charge >= 0.3 is 0 Å². The maximum Gasteiger partial charge on any atom is 0.273 e. The van der Waals surface area contributed by atoms with Crippen LogP contribution in [0, 0.1) is 0 Å². The minimum absolute atomic E-state index is 0.0754. The lowest BCUT2D eigenvalue weighted by atomic mass is 9.97. The monoisotopic (exact) mass is 158 g/mol. The van der Waals surface area contributed by atoms with Crippen molar-refractivity contribution in [3.05, 3.63) is 5.89 Å². The van der Waals surface area contributed by atoms with Crippen molar-refractivity contribution in [2.75, 3.05) is 0 Å². The molecule has 10 heavy (non-hydrogen) atoms. The Morgan fingerprint density at radius 2 is 1.90 bits per heavy atom. The van der Waals surface area contributed by atoms with E-state index in [0.717, 1.165) is 0 Å². The van der Waals surface area contributed by atoms with Gasteiger partial charge in [0.1, 0.15) is 0 Å². The lowest BCUT2D eigenvalue weighted by Gasteiger charge is -2.10. The molecule has 0 aromatic carbocycles. The maximum atomic E-state index is 5.09. The van der Waals surface area contributed by atoms with Gasteiger partial charge in [-0.05, 0) is 0 Å². The normalized spacial score (nSPS) is 12.0. The van der Waals surface area contributed by atoms with Gasteiger partial charge in [0.25, 0.3) is 5.22 Å². The van der Waals surface area contributed by atoms with E-state index in [-0.39, 0.29) is 5.41 Å². The SMILES string of the molecule is CC(C)(C)c1nnc(S)o1. The largest absolute Gasteiger partial charge is 0.416 e. The zero-order valence-electron chi connectivity index (χ0n) is 6.25. The summed E-state index contributed by atoms with van der Waals surface area (Å²) in [6.45, 7) is 6.02. The molecule has 3 nitrogen and oxygen atoms in total. The molecular weight excluding hydrogens is 148 g/mol. The van der Waals surface area contributed by atoms with E-state index < -0.39 is 0 Å². The number of hydrogen-bond donors (Lipinski definition) is 1. The molecule has 4 heteroatoms. The minimum Gasteiger partial charge on any atom is -0.416 e. The van der Waals surface area contributed by atoms with Gasteiger partial charge < -0.3 is 4.42 Å². The molecular formula is C6H10N2OS. The van der Waals surface area contributed by atoms with Crippen molar-refractivity contribution in [2.45, 2.75) is 31.4 Å². The quantitative estimate of drug-likeness (QED) is 0.583. The molecule has 56 valence electrons. The Morgan fingerprint density at radius 3 is 2.10 bits per heavy atom. The Labute approximate surface area is 65.2 Å². The highest BCUT2D eigenvalue weighted by atomic mass is 32.1. The predicted octanol–water partition coefficient (Wildman–Crippen LogP) is 1.66. The van der Waals surface area contributed by atoms with E-state index in [9.17, 15) is 0 Å². The fourth-order valence-corrected chi connectivity index (χ4v) is 0.650. The first-order valence-corrected chi connectivity index (χ1v) is 3.48. The van der Waals surface area contributed by atoms with Gasteiger partial charge in [0.05, 0.1) is 0 Å². The van der Waals surface area contributed by atoms with Crippen molar-refractivity contribution in [1.82, 2.24) is 10.2 Å². The summed E-state index contributed by atoms with van der Waals surface area (Å²) < 4.78 is 5.09. The number of aromatic nitrogens is 2. The maximum absolute atomic E-state index is 5.09. The van der Waals surface area contributed by atoms with Gasteiger partial charge in [-0.15, -0.1) is 10.2 Å². The second kappa shape index (κ2) is 2.27. The molecule has 0 unspecified atom stereocenters. The third-order valence-corrected chi connectivity index (χ3v) is 1.24. The molecule has 0 aliphatic carbocycles. The second-order valence-corrected chi connectivity index (χ2v) is 3.52. The van der Waals surface area contributed by atoms with Crippen LogP contribution in [0.1, 0.15) is 26.7 Å². The Hall–Kier alpha value is -0.510. The average Bonchev–Trinajstić information content (AvgIpc) is 2.11. The van der Waals surface area contributed by atoms with E-state index in [4.69, 9.17) is 4.42 Å². The molecule has 0 fully saturated rings. The third kappa shape index (κ3) is 1.50. The van der Waals surface area contributed by atoms with Crippen LogP contribution in [0.2, 0.25) is 0 Å². The van der Waals surface area contributed by atoms with Crippen LogP contribution in [0.3, 0.4) is 0 Å². The van der Waals surface area contributed by atoms with Crippen LogP contribution in [-0.4, -0.2) is 10.2 Å². The minimum atomic E-state index is -0.0754. The molecule has 0 N–H and O–H groups in total. The first-order chi connectivity index (χ1) is 4.50. The Kier molecular flexibility index (Phi) is 1.72. The molecule has 0 atom stereocenters. The van der Waals surface area contributed by atoms with Crippen molar-refractivity contribution < 1.29 is 4.42 Å². The molecule has 1 aromatic rings. The van der Waals surface area contributed by atoms with Crippen LogP contribution in [-0.2, 0) is 5.41 Å². The van der Waals surface area contributed by atoms with E-state index >= 15 is 0 Å². The fraction of sp³-hybridized carbons (Fsp3) is 0.667. The lowest BCUT2D eigenvalue weighted by Crippen LogP contribution is -2.11. The Bertz CT molecular complexity index is 226. The molecule has 0 saturated carbocycles. The second-order valence-electron chi connectivity index (χ2n) is 3.14. The van der Waals surface area contributed by atoms with Gasteiger partial charge in [-0.1, -0.05) is 33.4 Å². The van der Waals surface area contributed by atoms with Crippen molar-refractivity contribution in [1.29, 1.82) is 0 Å². The molecule has 1 aromatic heterocycles.